The van der Waals surface area contributed by atoms with Gasteiger partial charge in [-0.05, 0) is 38.1 Å². The molecule has 1 unspecified atom stereocenters. The second kappa shape index (κ2) is 5.05. The summed E-state index contributed by atoms with van der Waals surface area (Å²) >= 11 is 0. The average Bonchev–Trinajstić information content (AvgIpc) is 2.53. The maximum Gasteiger partial charge on any atom is 0.0360 e. The van der Waals surface area contributed by atoms with E-state index in [0.717, 1.165) is 0 Å². The fourth-order valence-corrected chi connectivity index (χ4v) is 1.90. The third kappa shape index (κ3) is 2.49. The van der Waals surface area contributed by atoms with Crippen LogP contribution in [0.4, 0.5) is 0 Å². The third-order valence-electron chi connectivity index (χ3n) is 2.59. The van der Waals surface area contributed by atoms with Gasteiger partial charge in [-0.3, -0.25) is 9.88 Å². The van der Waals surface area contributed by atoms with Crippen LogP contribution < -0.4 is 0 Å². The first kappa shape index (κ1) is 11.1. The molecule has 0 saturated carbocycles. The van der Waals surface area contributed by atoms with Crippen molar-refractivity contribution in [3.63, 3.8) is 0 Å². The molecule has 1 aliphatic rings. The molecule has 2 heterocycles. The van der Waals surface area contributed by atoms with Crippen molar-refractivity contribution in [1.82, 2.24) is 9.88 Å². The number of hydrogen-bond acceptors (Lipinski definition) is 2. The van der Waals surface area contributed by atoms with E-state index in [1.165, 1.54) is 24.9 Å². The van der Waals surface area contributed by atoms with Crippen LogP contribution in [0.25, 0.3) is 0 Å². The van der Waals surface area contributed by atoms with E-state index < -0.39 is 0 Å². The minimum Gasteiger partial charge on any atom is -0.299 e. The predicted molar refractivity (Wildman–Crippen MR) is 54.6 cm³/mol. The number of pyridine rings is 1. The van der Waals surface area contributed by atoms with Gasteiger partial charge >= 0.3 is 0 Å². The molecule has 1 aliphatic heterocycles. The van der Waals surface area contributed by atoms with Crippen molar-refractivity contribution in [3.8, 4) is 0 Å². The molecule has 1 atom stereocenters. The van der Waals surface area contributed by atoms with E-state index in [9.17, 15) is 0 Å². The molecule has 1 saturated heterocycles. The molecule has 68 valence electrons. The maximum absolute atomic E-state index is 4.14. The van der Waals surface area contributed by atoms with Gasteiger partial charge in [0.15, 0.2) is 0 Å². The monoisotopic (exact) mass is 370 g/mol. The summed E-state index contributed by atoms with van der Waals surface area (Å²) in [6, 6.07) is 4.79. The standard InChI is InChI=1S/C10H14N2.Pb/c1-12-7-3-5-10(12)9-4-2-6-11-8-9;/h2,4,6,8,10H,3,5,7H2,1H3;. The van der Waals surface area contributed by atoms with Gasteiger partial charge in [0.1, 0.15) is 0 Å². The summed E-state index contributed by atoms with van der Waals surface area (Å²) in [5.41, 5.74) is 1.36. The smallest absolute Gasteiger partial charge is 0.0360 e. The first-order chi connectivity index (χ1) is 5.88. The molecule has 13 heavy (non-hydrogen) atoms. The van der Waals surface area contributed by atoms with Gasteiger partial charge < -0.3 is 0 Å². The Morgan fingerprint density at radius 3 is 2.92 bits per heavy atom. The Morgan fingerprint density at radius 1 is 1.54 bits per heavy atom. The van der Waals surface area contributed by atoms with Crippen LogP contribution in [0, 0.1) is 0 Å². The fourth-order valence-electron chi connectivity index (χ4n) is 1.90. The van der Waals surface area contributed by atoms with E-state index in [-0.39, 0.29) is 27.3 Å². The number of likely N-dealkylation sites (tertiary alicyclic amines) is 1. The van der Waals surface area contributed by atoms with Gasteiger partial charge in [-0.1, -0.05) is 6.07 Å². The van der Waals surface area contributed by atoms with Gasteiger partial charge in [-0.15, -0.1) is 0 Å². The molecular weight excluding hydrogens is 355 g/mol. The molecule has 0 spiro atoms. The van der Waals surface area contributed by atoms with Gasteiger partial charge in [0, 0.05) is 45.7 Å². The summed E-state index contributed by atoms with van der Waals surface area (Å²) in [6.07, 6.45) is 6.41. The van der Waals surface area contributed by atoms with Crippen molar-refractivity contribution in [2.24, 2.45) is 0 Å². The summed E-state index contributed by atoms with van der Waals surface area (Å²) in [7, 11) is 2.19. The van der Waals surface area contributed by atoms with E-state index in [0.29, 0.717) is 6.04 Å². The maximum atomic E-state index is 4.14. The summed E-state index contributed by atoms with van der Waals surface area (Å²) in [6.45, 7) is 1.22. The molecular formula is C10H14N2Pb. The minimum atomic E-state index is 0. The van der Waals surface area contributed by atoms with Gasteiger partial charge in [-0.2, -0.15) is 0 Å². The number of rotatable bonds is 1. The van der Waals surface area contributed by atoms with E-state index in [1.807, 2.05) is 18.5 Å². The van der Waals surface area contributed by atoms with Crippen molar-refractivity contribution >= 4 is 27.3 Å². The molecule has 1 fully saturated rings. The Bertz CT molecular complexity index is 250. The molecule has 2 nitrogen and oxygen atoms in total. The van der Waals surface area contributed by atoms with Crippen LogP contribution in [-0.4, -0.2) is 50.8 Å². The van der Waals surface area contributed by atoms with Crippen LogP contribution in [0.2, 0.25) is 0 Å². The van der Waals surface area contributed by atoms with Crippen LogP contribution in [0.1, 0.15) is 24.4 Å². The largest absolute Gasteiger partial charge is 0.299 e. The van der Waals surface area contributed by atoms with Crippen LogP contribution in [0.5, 0.6) is 0 Å². The van der Waals surface area contributed by atoms with Crippen molar-refractivity contribution in [2.75, 3.05) is 13.6 Å². The molecule has 0 amide bonds. The first-order valence-corrected chi connectivity index (χ1v) is 4.48. The molecule has 4 radical (unpaired) electrons. The zero-order valence-corrected chi connectivity index (χ0v) is 11.8. The van der Waals surface area contributed by atoms with Gasteiger partial charge in [0.25, 0.3) is 0 Å². The second-order valence-corrected chi connectivity index (χ2v) is 3.42. The Labute approximate surface area is 99.5 Å². The molecule has 0 aromatic carbocycles. The van der Waals surface area contributed by atoms with E-state index in [1.54, 1.807) is 0 Å². The van der Waals surface area contributed by atoms with E-state index in [2.05, 4.69) is 23.0 Å². The summed E-state index contributed by atoms with van der Waals surface area (Å²) in [5.74, 6) is 0. The molecule has 1 aromatic heterocycles. The van der Waals surface area contributed by atoms with Crippen LogP contribution in [0.3, 0.4) is 0 Å². The number of nitrogens with zero attached hydrogens (tertiary/aromatic N) is 2. The second-order valence-electron chi connectivity index (χ2n) is 3.42. The summed E-state index contributed by atoms with van der Waals surface area (Å²) < 4.78 is 0. The van der Waals surface area contributed by atoms with E-state index in [4.69, 9.17) is 0 Å². The summed E-state index contributed by atoms with van der Waals surface area (Å²) in [4.78, 5) is 6.54. The molecule has 1 aromatic rings. The van der Waals surface area contributed by atoms with Crippen molar-refractivity contribution in [1.29, 1.82) is 0 Å². The van der Waals surface area contributed by atoms with Gasteiger partial charge in [0.05, 0.1) is 0 Å². The molecule has 0 bridgehead atoms. The predicted octanol–water partition coefficient (Wildman–Crippen LogP) is 1.47. The zero-order chi connectivity index (χ0) is 8.39. The number of aromatic nitrogens is 1. The van der Waals surface area contributed by atoms with Gasteiger partial charge in [0.2, 0.25) is 0 Å². The quantitative estimate of drug-likeness (QED) is 0.697. The number of hydrogen-bond donors (Lipinski definition) is 0. The SMILES string of the molecule is CN1CCCC1c1cccnc1.[Pb]. The minimum absolute atomic E-state index is 0. The third-order valence-corrected chi connectivity index (χ3v) is 2.59. The van der Waals surface area contributed by atoms with Gasteiger partial charge in [-0.25, -0.2) is 0 Å². The normalized spacial score (nSPS) is 22.7. The van der Waals surface area contributed by atoms with Crippen LogP contribution >= 0.6 is 0 Å². The first-order valence-electron chi connectivity index (χ1n) is 4.48. The fraction of sp³-hybridized carbons (Fsp3) is 0.500. The Balaban J connectivity index is 0.000000845. The van der Waals surface area contributed by atoms with Crippen molar-refractivity contribution in [2.45, 2.75) is 18.9 Å². The topological polar surface area (TPSA) is 16.1 Å². The van der Waals surface area contributed by atoms with Crippen LogP contribution in [0.15, 0.2) is 24.5 Å². The molecule has 3 heteroatoms. The molecule has 2 rings (SSSR count). The zero-order valence-electron chi connectivity index (χ0n) is 7.90. The Morgan fingerprint density at radius 2 is 2.38 bits per heavy atom. The molecule has 0 aliphatic carbocycles. The van der Waals surface area contributed by atoms with E-state index >= 15 is 0 Å². The van der Waals surface area contributed by atoms with Crippen molar-refractivity contribution in [3.05, 3.63) is 30.1 Å². The average molecular weight is 369 g/mol. The van der Waals surface area contributed by atoms with Crippen molar-refractivity contribution < 1.29 is 0 Å². The molecule has 0 N–H and O–H groups in total. The Kier molecular flexibility index (Phi) is 4.31. The van der Waals surface area contributed by atoms with Crippen LogP contribution in [-0.2, 0) is 0 Å². The Hall–Kier alpha value is 0.0321. The summed E-state index contributed by atoms with van der Waals surface area (Å²) in [5, 5.41) is 0.